The van der Waals surface area contributed by atoms with Gasteiger partial charge in [0.1, 0.15) is 0 Å². The normalized spacial score (nSPS) is 72.2. The fourth-order valence-corrected chi connectivity index (χ4v) is 10.8. The van der Waals surface area contributed by atoms with Crippen molar-refractivity contribution >= 4 is 0 Å². The van der Waals surface area contributed by atoms with Crippen molar-refractivity contribution in [1.82, 2.24) is 4.90 Å². The van der Waals surface area contributed by atoms with E-state index in [-0.39, 0.29) is 0 Å². The van der Waals surface area contributed by atoms with E-state index in [2.05, 4.69) is 18.4 Å². The second kappa shape index (κ2) is 3.13. The van der Waals surface area contributed by atoms with Crippen LogP contribution in [0.5, 0.6) is 0 Å². The number of rotatable bonds is 0. The first-order chi connectivity index (χ1) is 10.6. The molecule has 0 aromatic rings. The monoisotopic (exact) mass is 295 g/mol. The molecule has 0 radical (unpaired) electrons. The summed E-state index contributed by atoms with van der Waals surface area (Å²) in [7, 11) is 0. The summed E-state index contributed by atoms with van der Waals surface area (Å²) in [6.07, 6.45) is 12.2. The van der Waals surface area contributed by atoms with Crippen LogP contribution in [0.3, 0.4) is 0 Å². The van der Waals surface area contributed by atoms with Gasteiger partial charge in [-0.1, -0.05) is 31.9 Å². The van der Waals surface area contributed by atoms with E-state index in [1.807, 2.05) is 0 Å². The van der Waals surface area contributed by atoms with Crippen molar-refractivity contribution in [2.75, 3.05) is 6.54 Å². The van der Waals surface area contributed by atoms with Crippen molar-refractivity contribution < 1.29 is 0 Å². The first-order valence-electron chi connectivity index (χ1n) is 10.1. The van der Waals surface area contributed by atoms with Crippen LogP contribution in [-0.2, 0) is 0 Å². The Morgan fingerprint density at radius 3 is 2.95 bits per heavy atom. The molecule has 9 bridgehead atoms. The highest BCUT2D eigenvalue weighted by Gasteiger charge is 2.86. The minimum Gasteiger partial charge on any atom is -0.296 e. The topological polar surface area (TPSA) is 3.24 Å². The molecule has 1 heteroatoms. The first-order valence-corrected chi connectivity index (χ1v) is 10.1. The standard InChI is InChI=1S/C21H29N/c1-12-9-20-10-15-17-19(2)7-4-8-21(17)16(20)13(12)5-3-6-14(20)18(21)22(15)11-19/h13-18H,1,3-11H2,2H3/t13?,14?,15?,16?,17?,18-,19+,20+,21-/m1/s1. The third kappa shape index (κ3) is 0.876. The number of hydrogen-bond donors (Lipinski definition) is 0. The Labute approximate surface area is 134 Å². The van der Waals surface area contributed by atoms with Gasteiger partial charge in [-0.05, 0) is 78.4 Å². The van der Waals surface area contributed by atoms with Gasteiger partial charge in [0.05, 0.1) is 0 Å². The maximum absolute atomic E-state index is 4.62. The molecular weight excluding hydrogens is 266 g/mol. The van der Waals surface area contributed by atoms with Gasteiger partial charge in [0, 0.05) is 18.6 Å². The highest BCUT2D eigenvalue weighted by atomic mass is 15.3. The van der Waals surface area contributed by atoms with Gasteiger partial charge in [-0.3, -0.25) is 4.90 Å². The number of hydrogen-bond acceptors (Lipinski definition) is 1. The molecule has 3 aliphatic heterocycles. The van der Waals surface area contributed by atoms with Crippen molar-refractivity contribution in [2.24, 2.45) is 39.9 Å². The summed E-state index contributed by atoms with van der Waals surface area (Å²) in [4.78, 5) is 3.10. The summed E-state index contributed by atoms with van der Waals surface area (Å²) in [5, 5.41) is 0. The van der Waals surface area contributed by atoms with Crippen molar-refractivity contribution in [3.8, 4) is 0 Å². The van der Waals surface area contributed by atoms with Crippen LogP contribution in [0, 0.1) is 39.9 Å². The molecule has 5 aliphatic carbocycles. The Morgan fingerprint density at radius 2 is 2.05 bits per heavy atom. The summed E-state index contributed by atoms with van der Waals surface area (Å²) >= 11 is 0. The second-order valence-electron chi connectivity index (χ2n) is 10.7. The van der Waals surface area contributed by atoms with Gasteiger partial charge in [0.2, 0.25) is 0 Å². The molecule has 0 aromatic carbocycles. The van der Waals surface area contributed by atoms with E-state index < -0.39 is 0 Å². The van der Waals surface area contributed by atoms with Crippen LogP contribution in [0.15, 0.2) is 12.2 Å². The zero-order valence-corrected chi connectivity index (χ0v) is 14.0. The molecule has 0 N–H and O–H groups in total. The molecule has 0 amide bonds. The van der Waals surface area contributed by atoms with Gasteiger partial charge in [0.15, 0.2) is 0 Å². The predicted molar refractivity (Wildman–Crippen MR) is 87.3 cm³/mol. The third-order valence-electron chi connectivity index (χ3n) is 10.4. The van der Waals surface area contributed by atoms with E-state index in [1.54, 1.807) is 24.8 Å². The lowest BCUT2D eigenvalue weighted by atomic mass is 9.45. The van der Waals surface area contributed by atoms with Crippen LogP contribution in [0.25, 0.3) is 0 Å². The zero-order chi connectivity index (χ0) is 14.5. The van der Waals surface area contributed by atoms with E-state index >= 15 is 0 Å². The van der Waals surface area contributed by atoms with Gasteiger partial charge in [-0.25, -0.2) is 0 Å². The maximum atomic E-state index is 4.62. The van der Waals surface area contributed by atoms with E-state index in [0.29, 0.717) is 5.41 Å². The third-order valence-corrected chi connectivity index (χ3v) is 10.4. The molecule has 5 saturated carbocycles. The van der Waals surface area contributed by atoms with Gasteiger partial charge in [-0.2, -0.15) is 0 Å². The molecule has 3 heterocycles. The van der Waals surface area contributed by atoms with Crippen LogP contribution in [0.2, 0.25) is 0 Å². The second-order valence-corrected chi connectivity index (χ2v) is 10.7. The van der Waals surface area contributed by atoms with E-state index in [4.69, 9.17) is 0 Å². The number of allylic oxidation sites excluding steroid dienone is 1. The van der Waals surface area contributed by atoms with Crippen LogP contribution >= 0.6 is 0 Å². The summed E-state index contributed by atoms with van der Waals surface area (Å²) in [6.45, 7) is 8.75. The molecule has 2 spiro atoms. The largest absolute Gasteiger partial charge is 0.296 e. The predicted octanol–water partition coefficient (Wildman–Crippen LogP) is 4.24. The average molecular weight is 295 g/mol. The number of nitrogens with zero attached hydrogens (tertiary/aromatic N) is 1. The highest BCUT2D eigenvalue weighted by molar-refractivity contribution is 5.40. The van der Waals surface area contributed by atoms with Crippen molar-refractivity contribution in [3.63, 3.8) is 0 Å². The smallest absolute Gasteiger partial charge is 0.0195 e. The molecule has 10 atom stereocenters. The summed E-state index contributed by atoms with van der Waals surface area (Å²) in [6, 6.07) is 1.98. The molecular formula is C21H29N. The lowest BCUT2D eigenvalue weighted by Gasteiger charge is -2.58. The quantitative estimate of drug-likeness (QED) is 0.604. The van der Waals surface area contributed by atoms with E-state index in [1.165, 1.54) is 38.6 Å². The number of piperidine rings is 2. The molecule has 8 fully saturated rings. The minimum absolute atomic E-state index is 0.675. The van der Waals surface area contributed by atoms with Gasteiger partial charge in [0.25, 0.3) is 0 Å². The zero-order valence-electron chi connectivity index (χ0n) is 14.0. The van der Waals surface area contributed by atoms with Gasteiger partial charge < -0.3 is 0 Å². The Hall–Kier alpha value is -0.300. The SMILES string of the molecule is C=C1C[C@@]23CC4C5[C@@]6(C)CCC[C@@]57C2C1CCCC3[C@H]7N4C6. The fourth-order valence-electron chi connectivity index (χ4n) is 10.8. The van der Waals surface area contributed by atoms with E-state index in [0.717, 1.165) is 46.6 Å². The molecule has 118 valence electrons. The van der Waals surface area contributed by atoms with Crippen molar-refractivity contribution in [1.29, 1.82) is 0 Å². The Morgan fingerprint density at radius 1 is 1.14 bits per heavy atom. The van der Waals surface area contributed by atoms with Crippen molar-refractivity contribution in [3.05, 3.63) is 12.2 Å². The van der Waals surface area contributed by atoms with Crippen LogP contribution < -0.4 is 0 Å². The Balaban J connectivity index is 1.55. The lowest BCUT2D eigenvalue weighted by molar-refractivity contribution is -0.0891. The minimum atomic E-state index is 0.675. The lowest BCUT2D eigenvalue weighted by Crippen LogP contribution is -2.57. The maximum Gasteiger partial charge on any atom is 0.0195 e. The molecule has 1 nitrogen and oxygen atoms in total. The summed E-state index contributed by atoms with van der Waals surface area (Å²) in [5.74, 6) is 4.08. The molecule has 8 rings (SSSR count). The van der Waals surface area contributed by atoms with Crippen LogP contribution in [0.1, 0.15) is 58.3 Å². The highest BCUT2D eigenvalue weighted by Crippen LogP contribution is 2.87. The first kappa shape index (κ1) is 12.1. The van der Waals surface area contributed by atoms with Gasteiger partial charge >= 0.3 is 0 Å². The molecule has 0 aromatic heterocycles. The fraction of sp³-hybridized carbons (Fsp3) is 0.905. The molecule has 6 unspecified atom stereocenters. The molecule has 3 saturated heterocycles. The van der Waals surface area contributed by atoms with Crippen LogP contribution in [0.4, 0.5) is 0 Å². The Bertz CT molecular complexity index is 623. The van der Waals surface area contributed by atoms with Crippen LogP contribution in [-0.4, -0.2) is 23.5 Å². The molecule has 22 heavy (non-hydrogen) atoms. The summed E-state index contributed by atoms with van der Waals surface area (Å²) < 4.78 is 0. The van der Waals surface area contributed by atoms with Gasteiger partial charge in [-0.15, -0.1) is 0 Å². The van der Waals surface area contributed by atoms with E-state index in [9.17, 15) is 0 Å². The molecule has 8 aliphatic rings. The Kier molecular flexibility index (Phi) is 1.72. The summed E-state index contributed by atoms with van der Waals surface area (Å²) in [5.41, 5.74) is 3.83. The van der Waals surface area contributed by atoms with Crippen molar-refractivity contribution in [2.45, 2.75) is 70.4 Å². The average Bonchev–Trinajstić information content (AvgIpc) is 2.94.